The molecule has 7 heteroatoms. The van der Waals surface area contributed by atoms with Crippen molar-refractivity contribution in [3.05, 3.63) is 40.5 Å². The first-order valence-corrected chi connectivity index (χ1v) is 8.81. The van der Waals surface area contributed by atoms with Crippen molar-refractivity contribution < 1.29 is 4.74 Å². The number of anilines is 1. The van der Waals surface area contributed by atoms with E-state index in [-0.39, 0.29) is 0 Å². The van der Waals surface area contributed by atoms with Crippen LogP contribution in [0.25, 0.3) is 11.4 Å². The summed E-state index contributed by atoms with van der Waals surface area (Å²) in [5, 5.41) is 4.43. The first-order valence-electron chi connectivity index (χ1n) is 8.05. The molecule has 1 aliphatic heterocycles. The Bertz CT molecular complexity index is 660. The fourth-order valence-corrected chi connectivity index (χ4v) is 2.89. The Labute approximate surface area is 152 Å². The summed E-state index contributed by atoms with van der Waals surface area (Å²) in [5.74, 6) is 1.33. The number of nitrogens with zero attached hydrogens (tertiary/aromatic N) is 3. The highest BCUT2D eigenvalue weighted by Crippen LogP contribution is 2.22. The van der Waals surface area contributed by atoms with Crippen molar-refractivity contribution in [2.45, 2.75) is 6.42 Å². The first kappa shape index (κ1) is 17.4. The third kappa shape index (κ3) is 5.05. The zero-order chi connectivity index (χ0) is 16.8. The second-order valence-corrected chi connectivity index (χ2v) is 6.46. The summed E-state index contributed by atoms with van der Waals surface area (Å²) in [6, 6.07) is 9.15. The van der Waals surface area contributed by atoms with Gasteiger partial charge in [-0.1, -0.05) is 23.2 Å². The maximum Gasteiger partial charge on any atom is 0.163 e. The number of ether oxygens (including phenoxy) is 1. The molecule has 128 valence electrons. The third-order valence-corrected chi connectivity index (χ3v) is 4.30. The number of nitrogens with one attached hydrogen (secondary N) is 1. The fourth-order valence-electron chi connectivity index (χ4n) is 2.58. The summed E-state index contributed by atoms with van der Waals surface area (Å²) < 4.78 is 5.35. The van der Waals surface area contributed by atoms with Gasteiger partial charge < -0.3 is 10.1 Å². The quantitative estimate of drug-likeness (QED) is 0.625. The molecule has 1 aliphatic rings. The molecule has 3 rings (SSSR count). The third-order valence-electron chi connectivity index (χ3n) is 3.86. The molecule has 1 N–H and O–H groups in total. The molecular formula is C17H20Cl2N4O. The van der Waals surface area contributed by atoms with E-state index in [0.29, 0.717) is 16.0 Å². The standard InChI is InChI=1S/C17H20Cl2N4O/c18-14-4-2-13(3-5-14)17-21-15(19)12-16(22-17)20-6-1-7-23-8-10-24-11-9-23/h2-5,12H,1,6-11H2,(H,20,21,22). The molecule has 24 heavy (non-hydrogen) atoms. The predicted molar refractivity (Wildman–Crippen MR) is 97.9 cm³/mol. The van der Waals surface area contributed by atoms with E-state index in [0.717, 1.165) is 57.2 Å². The smallest absolute Gasteiger partial charge is 0.163 e. The van der Waals surface area contributed by atoms with E-state index in [1.807, 2.05) is 24.3 Å². The molecule has 1 aromatic carbocycles. The van der Waals surface area contributed by atoms with Gasteiger partial charge in [-0.3, -0.25) is 4.90 Å². The molecular weight excluding hydrogens is 347 g/mol. The molecule has 1 aromatic heterocycles. The van der Waals surface area contributed by atoms with Crippen LogP contribution in [0.1, 0.15) is 6.42 Å². The number of hydrogen-bond acceptors (Lipinski definition) is 5. The Morgan fingerprint density at radius 2 is 1.83 bits per heavy atom. The van der Waals surface area contributed by atoms with Crippen LogP contribution in [0.3, 0.4) is 0 Å². The molecule has 0 spiro atoms. The molecule has 0 bridgehead atoms. The van der Waals surface area contributed by atoms with Gasteiger partial charge in [-0.2, -0.15) is 0 Å². The van der Waals surface area contributed by atoms with Crippen LogP contribution >= 0.6 is 23.2 Å². The normalized spacial score (nSPS) is 15.4. The van der Waals surface area contributed by atoms with Crippen molar-refractivity contribution in [2.75, 3.05) is 44.7 Å². The molecule has 1 saturated heterocycles. The van der Waals surface area contributed by atoms with Crippen LogP contribution < -0.4 is 5.32 Å². The second kappa shape index (κ2) is 8.62. The lowest BCUT2D eigenvalue weighted by Gasteiger charge is -2.26. The zero-order valence-corrected chi connectivity index (χ0v) is 14.9. The highest BCUT2D eigenvalue weighted by molar-refractivity contribution is 6.30. The van der Waals surface area contributed by atoms with Gasteiger partial charge in [0.05, 0.1) is 13.2 Å². The number of morpholine rings is 1. The molecule has 0 unspecified atom stereocenters. The van der Waals surface area contributed by atoms with Gasteiger partial charge in [0.2, 0.25) is 0 Å². The van der Waals surface area contributed by atoms with Crippen molar-refractivity contribution in [3.63, 3.8) is 0 Å². The van der Waals surface area contributed by atoms with Crippen LogP contribution in [0.15, 0.2) is 30.3 Å². The average Bonchev–Trinajstić information content (AvgIpc) is 2.60. The van der Waals surface area contributed by atoms with Crippen LogP contribution in [0.4, 0.5) is 5.82 Å². The van der Waals surface area contributed by atoms with Crippen LogP contribution in [0.5, 0.6) is 0 Å². The van der Waals surface area contributed by atoms with E-state index in [1.165, 1.54) is 0 Å². The van der Waals surface area contributed by atoms with Gasteiger partial charge in [0, 0.05) is 36.3 Å². The Morgan fingerprint density at radius 3 is 2.58 bits per heavy atom. The molecule has 0 radical (unpaired) electrons. The summed E-state index contributed by atoms with van der Waals surface area (Å²) in [7, 11) is 0. The number of benzene rings is 1. The lowest BCUT2D eigenvalue weighted by Crippen LogP contribution is -2.37. The SMILES string of the molecule is Clc1ccc(-c2nc(Cl)cc(NCCCN3CCOCC3)n2)cc1. The van der Waals surface area contributed by atoms with Crippen molar-refractivity contribution in [3.8, 4) is 11.4 Å². The summed E-state index contributed by atoms with van der Waals surface area (Å²) >= 11 is 12.0. The Hall–Kier alpha value is -1.40. The molecule has 2 heterocycles. The van der Waals surface area contributed by atoms with Gasteiger partial charge in [-0.05, 0) is 37.2 Å². The molecule has 1 fully saturated rings. The number of hydrogen-bond donors (Lipinski definition) is 1. The van der Waals surface area contributed by atoms with Crippen LogP contribution in [0.2, 0.25) is 10.2 Å². The molecule has 0 aliphatic carbocycles. The van der Waals surface area contributed by atoms with Gasteiger partial charge in [0.25, 0.3) is 0 Å². The second-order valence-electron chi connectivity index (χ2n) is 5.64. The molecule has 0 atom stereocenters. The van der Waals surface area contributed by atoms with Crippen LogP contribution in [0, 0.1) is 0 Å². The van der Waals surface area contributed by atoms with Gasteiger partial charge >= 0.3 is 0 Å². The Balaban J connectivity index is 1.56. The summed E-state index contributed by atoms with van der Waals surface area (Å²) in [4.78, 5) is 11.2. The minimum Gasteiger partial charge on any atom is -0.379 e. The van der Waals surface area contributed by atoms with E-state index in [4.69, 9.17) is 27.9 Å². The predicted octanol–water partition coefficient (Wildman–Crippen LogP) is 3.58. The van der Waals surface area contributed by atoms with E-state index < -0.39 is 0 Å². The zero-order valence-electron chi connectivity index (χ0n) is 13.3. The summed E-state index contributed by atoms with van der Waals surface area (Å²) in [6.07, 6.45) is 1.04. The molecule has 0 amide bonds. The molecule has 5 nitrogen and oxygen atoms in total. The van der Waals surface area contributed by atoms with Crippen molar-refractivity contribution in [1.82, 2.24) is 14.9 Å². The minimum atomic E-state index is 0.422. The maximum atomic E-state index is 6.13. The van der Waals surface area contributed by atoms with Crippen LogP contribution in [-0.2, 0) is 4.74 Å². The highest BCUT2D eigenvalue weighted by Gasteiger charge is 2.10. The van der Waals surface area contributed by atoms with Gasteiger partial charge in [0.15, 0.2) is 5.82 Å². The maximum absolute atomic E-state index is 6.13. The first-order chi connectivity index (χ1) is 11.7. The number of halogens is 2. The van der Waals surface area contributed by atoms with Gasteiger partial charge in [-0.15, -0.1) is 0 Å². The number of aromatic nitrogens is 2. The topological polar surface area (TPSA) is 50.3 Å². The monoisotopic (exact) mass is 366 g/mol. The van der Waals surface area contributed by atoms with E-state index in [2.05, 4.69) is 20.2 Å². The van der Waals surface area contributed by atoms with Gasteiger partial charge in [0.1, 0.15) is 11.0 Å². The minimum absolute atomic E-state index is 0.422. The van der Waals surface area contributed by atoms with E-state index in [9.17, 15) is 0 Å². The average molecular weight is 367 g/mol. The number of rotatable bonds is 6. The lowest BCUT2D eigenvalue weighted by atomic mass is 10.2. The summed E-state index contributed by atoms with van der Waals surface area (Å²) in [5.41, 5.74) is 0.887. The van der Waals surface area contributed by atoms with E-state index >= 15 is 0 Å². The summed E-state index contributed by atoms with van der Waals surface area (Å²) in [6.45, 7) is 5.59. The fraction of sp³-hybridized carbons (Fsp3) is 0.412. The van der Waals surface area contributed by atoms with Crippen LogP contribution in [-0.4, -0.2) is 54.3 Å². The Kier molecular flexibility index (Phi) is 6.26. The van der Waals surface area contributed by atoms with Crippen molar-refractivity contribution in [1.29, 1.82) is 0 Å². The van der Waals surface area contributed by atoms with Crippen molar-refractivity contribution in [2.24, 2.45) is 0 Å². The highest BCUT2D eigenvalue weighted by atomic mass is 35.5. The Morgan fingerprint density at radius 1 is 1.08 bits per heavy atom. The molecule has 0 saturated carbocycles. The van der Waals surface area contributed by atoms with Gasteiger partial charge in [-0.25, -0.2) is 9.97 Å². The largest absolute Gasteiger partial charge is 0.379 e. The van der Waals surface area contributed by atoms with Crippen molar-refractivity contribution >= 4 is 29.0 Å². The van der Waals surface area contributed by atoms with E-state index in [1.54, 1.807) is 6.07 Å². The lowest BCUT2D eigenvalue weighted by molar-refractivity contribution is 0.0378. The molecule has 2 aromatic rings.